The average molecular weight is 335 g/mol. The molecule has 2 aromatic carbocycles. The first-order chi connectivity index (χ1) is 12.2. The molecule has 1 aromatic heterocycles. The number of fused-ring (bicyclic) bond motifs is 1. The molecule has 0 aliphatic carbocycles. The van der Waals surface area contributed by atoms with Crippen LogP contribution in [0.25, 0.3) is 10.9 Å². The number of hydrogen-bond acceptors (Lipinski definition) is 5. The number of anilines is 2. The van der Waals surface area contributed by atoms with Gasteiger partial charge in [-0.2, -0.15) is 0 Å². The van der Waals surface area contributed by atoms with E-state index in [2.05, 4.69) is 40.9 Å². The molecule has 3 aromatic rings. The van der Waals surface area contributed by atoms with Gasteiger partial charge in [-0.3, -0.25) is 0 Å². The van der Waals surface area contributed by atoms with E-state index < -0.39 is 0 Å². The van der Waals surface area contributed by atoms with E-state index in [1.165, 1.54) is 11.9 Å². The van der Waals surface area contributed by atoms with E-state index in [0.717, 1.165) is 16.6 Å². The monoisotopic (exact) mass is 335 g/mol. The van der Waals surface area contributed by atoms with Crippen molar-refractivity contribution in [2.24, 2.45) is 0 Å². The molecule has 25 heavy (non-hydrogen) atoms. The Morgan fingerprint density at radius 3 is 2.56 bits per heavy atom. The first kappa shape index (κ1) is 16.8. The zero-order chi connectivity index (χ0) is 17.8. The Balaban J connectivity index is 2.03. The Morgan fingerprint density at radius 2 is 1.84 bits per heavy atom. The van der Waals surface area contributed by atoms with Gasteiger partial charge in [-0.25, -0.2) is 9.97 Å². The van der Waals surface area contributed by atoms with E-state index in [9.17, 15) is 0 Å². The molecule has 0 saturated carbocycles. The highest BCUT2D eigenvalue weighted by atomic mass is 16.5. The summed E-state index contributed by atoms with van der Waals surface area (Å²) in [5.74, 6) is 2.28. The van der Waals surface area contributed by atoms with Crippen LogP contribution in [0.1, 0.15) is 18.4 Å². The first-order valence-electron chi connectivity index (χ1n) is 8.02. The Kier molecular flexibility index (Phi) is 4.84. The molecule has 5 nitrogen and oxygen atoms in total. The van der Waals surface area contributed by atoms with E-state index >= 15 is 0 Å². The second-order valence-corrected chi connectivity index (χ2v) is 5.72. The molecule has 0 bridgehead atoms. The summed E-state index contributed by atoms with van der Waals surface area (Å²) in [6.45, 7) is 5.97. The molecule has 1 atom stereocenters. The van der Waals surface area contributed by atoms with Crippen LogP contribution in [0.4, 0.5) is 11.5 Å². The van der Waals surface area contributed by atoms with Gasteiger partial charge in [0.15, 0.2) is 11.5 Å². The number of rotatable bonds is 6. The van der Waals surface area contributed by atoms with Crippen LogP contribution in [0.2, 0.25) is 0 Å². The molecule has 0 spiro atoms. The molecule has 0 amide bonds. The Morgan fingerprint density at radius 1 is 1.08 bits per heavy atom. The van der Waals surface area contributed by atoms with E-state index in [-0.39, 0.29) is 5.92 Å². The number of hydrogen-bond donors (Lipinski definition) is 1. The molecule has 0 saturated heterocycles. The smallest absolute Gasteiger partial charge is 0.162 e. The molecule has 1 heterocycles. The summed E-state index contributed by atoms with van der Waals surface area (Å²) < 4.78 is 10.7. The largest absolute Gasteiger partial charge is 0.493 e. The third-order valence-corrected chi connectivity index (χ3v) is 4.17. The molecule has 5 heteroatoms. The van der Waals surface area contributed by atoms with Crippen LogP contribution in [0.15, 0.2) is 55.4 Å². The first-order valence-corrected chi connectivity index (χ1v) is 8.02. The van der Waals surface area contributed by atoms with Gasteiger partial charge in [-0.15, -0.1) is 6.58 Å². The van der Waals surface area contributed by atoms with Crippen molar-refractivity contribution in [2.75, 3.05) is 19.5 Å². The van der Waals surface area contributed by atoms with Crippen LogP contribution in [0.5, 0.6) is 11.5 Å². The fraction of sp³-hybridized carbons (Fsp3) is 0.200. The lowest BCUT2D eigenvalue weighted by atomic mass is 10.0. The minimum absolute atomic E-state index is 0.285. The lowest BCUT2D eigenvalue weighted by Gasteiger charge is -2.13. The number of nitrogens with one attached hydrogen (secondary N) is 1. The van der Waals surface area contributed by atoms with Gasteiger partial charge in [-0.05, 0) is 29.7 Å². The lowest BCUT2D eigenvalue weighted by Crippen LogP contribution is -1.99. The second-order valence-electron chi connectivity index (χ2n) is 5.72. The molecule has 0 aliphatic heterocycles. The molecular formula is C20H21N3O2. The maximum Gasteiger partial charge on any atom is 0.162 e. The zero-order valence-electron chi connectivity index (χ0n) is 14.6. The lowest BCUT2D eigenvalue weighted by molar-refractivity contribution is 0.356. The predicted molar refractivity (Wildman–Crippen MR) is 101 cm³/mol. The fourth-order valence-corrected chi connectivity index (χ4v) is 2.66. The minimum atomic E-state index is 0.285. The van der Waals surface area contributed by atoms with Gasteiger partial charge in [0, 0.05) is 17.1 Å². The van der Waals surface area contributed by atoms with Crippen LogP contribution in [-0.2, 0) is 0 Å². The summed E-state index contributed by atoms with van der Waals surface area (Å²) in [6, 6.07) is 11.9. The van der Waals surface area contributed by atoms with Gasteiger partial charge < -0.3 is 14.8 Å². The molecule has 1 N–H and O–H groups in total. The highest BCUT2D eigenvalue weighted by Crippen LogP contribution is 2.34. The number of allylic oxidation sites excluding steroid dienone is 1. The van der Waals surface area contributed by atoms with Crippen LogP contribution >= 0.6 is 0 Å². The number of nitrogens with zero attached hydrogens (tertiary/aromatic N) is 2. The summed E-state index contributed by atoms with van der Waals surface area (Å²) in [4.78, 5) is 8.72. The Bertz CT molecular complexity index is 909. The van der Waals surface area contributed by atoms with Crippen molar-refractivity contribution in [2.45, 2.75) is 12.8 Å². The van der Waals surface area contributed by atoms with E-state index in [0.29, 0.717) is 17.3 Å². The summed E-state index contributed by atoms with van der Waals surface area (Å²) in [6.07, 6.45) is 3.46. The molecule has 128 valence electrons. The van der Waals surface area contributed by atoms with Gasteiger partial charge in [0.05, 0.1) is 19.7 Å². The summed E-state index contributed by atoms with van der Waals surface area (Å²) in [7, 11) is 3.22. The molecule has 3 rings (SSSR count). The number of ether oxygens (including phenoxy) is 2. The number of methoxy groups -OCH3 is 2. The van der Waals surface area contributed by atoms with E-state index in [1.807, 2.05) is 30.3 Å². The third kappa shape index (κ3) is 3.40. The van der Waals surface area contributed by atoms with Crippen molar-refractivity contribution in [3.05, 3.63) is 60.9 Å². The van der Waals surface area contributed by atoms with Crippen molar-refractivity contribution in [3.63, 3.8) is 0 Å². The molecule has 1 unspecified atom stereocenters. The molecule has 0 fully saturated rings. The average Bonchev–Trinajstić information content (AvgIpc) is 2.66. The normalized spacial score (nSPS) is 11.8. The Labute approximate surface area is 147 Å². The van der Waals surface area contributed by atoms with Crippen LogP contribution < -0.4 is 14.8 Å². The van der Waals surface area contributed by atoms with Gasteiger partial charge in [0.1, 0.15) is 12.1 Å². The number of benzene rings is 2. The maximum absolute atomic E-state index is 5.40. The molecule has 0 aliphatic rings. The predicted octanol–water partition coefficient (Wildman–Crippen LogP) is 4.68. The van der Waals surface area contributed by atoms with Crippen molar-refractivity contribution < 1.29 is 9.47 Å². The van der Waals surface area contributed by atoms with Crippen molar-refractivity contribution in [3.8, 4) is 11.5 Å². The van der Waals surface area contributed by atoms with Gasteiger partial charge >= 0.3 is 0 Å². The minimum Gasteiger partial charge on any atom is -0.493 e. The Hall–Kier alpha value is -3.08. The van der Waals surface area contributed by atoms with Crippen molar-refractivity contribution in [1.29, 1.82) is 0 Å². The maximum atomic E-state index is 5.40. The highest BCUT2D eigenvalue weighted by Gasteiger charge is 2.11. The zero-order valence-corrected chi connectivity index (χ0v) is 14.6. The standard InChI is InChI=1S/C20H21N3O2/c1-5-13(2)14-7-6-8-15(9-14)23-20-16-10-18(24-3)19(25-4)11-17(16)21-12-22-20/h5-13H,1H2,2-4H3,(H,21,22,23). The highest BCUT2D eigenvalue weighted by molar-refractivity contribution is 5.93. The van der Waals surface area contributed by atoms with Gasteiger partial charge in [0.2, 0.25) is 0 Å². The van der Waals surface area contributed by atoms with Crippen molar-refractivity contribution >= 4 is 22.4 Å². The summed E-state index contributed by atoms with van der Waals surface area (Å²) in [5.41, 5.74) is 2.93. The van der Waals surface area contributed by atoms with Crippen LogP contribution in [-0.4, -0.2) is 24.2 Å². The van der Waals surface area contributed by atoms with E-state index in [4.69, 9.17) is 9.47 Å². The topological polar surface area (TPSA) is 56.3 Å². The van der Waals surface area contributed by atoms with Crippen molar-refractivity contribution in [1.82, 2.24) is 9.97 Å². The van der Waals surface area contributed by atoms with Gasteiger partial charge in [-0.1, -0.05) is 25.1 Å². The third-order valence-electron chi connectivity index (χ3n) is 4.17. The fourth-order valence-electron chi connectivity index (χ4n) is 2.66. The second kappa shape index (κ2) is 7.21. The quantitative estimate of drug-likeness (QED) is 0.663. The molecule has 0 radical (unpaired) electrons. The van der Waals surface area contributed by atoms with Crippen LogP contribution in [0, 0.1) is 0 Å². The van der Waals surface area contributed by atoms with E-state index in [1.54, 1.807) is 14.2 Å². The number of aromatic nitrogens is 2. The SMILES string of the molecule is C=CC(C)c1cccc(Nc2ncnc3cc(OC)c(OC)cc23)c1. The van der Waals surface area contributed by atoms with Gasteiger partial charge in [0.25, 0.3) is 0 Å². The molecular weight excluding hydrogens is 314 g/mol. The van der Waals surface area contributed by atoms with Crippen LogP contribution in [0.3, 0.4) is 0 Å². The summed E-state index contributed by atoms with van der Waals surface area (Å²) in [5, 5.41) is 4.24. The summed E-state index contributed by atoms with van der Waals surface area (Å²) >= 11 is 0.